The number of amides is 2. The molecule has 6 nitrogen and oxygen atoms in total. The summed E-state index contributed by atoms with van der Waals surface area (Å²) in [7, 11) is 0. The third kappa shape index (κ3) is 2.04. The molecular weight excluding hydrogens is 350 g/mol. The van der Waals surface area contributed by atoms with E-state index in [-0.39, 0.29) is 23.9 Å². The smallest absolute Gasteiger partial charge is 0.254 e. The van der Waals surface area contributed by atoms with Crippen LogP contribution in [0.5, 0.6) is 0 Å². The van der Waals surface area contributed by atoms with Gasteiger partial charge in [0.05, 0.1) is 40.8 Å². The Balaban J connectivity index is 1.47. The van der Waals surface area contributed by atoms with E-state index in [1.807, 2.05) is 28.0 Å². The van der Waals surface area contributed by atoms with Gasteiger partial charge in [-0.2, -0.15) is 0 Å². The largest absolute Gasteiger partial charge is 0.351 e. The van der Waals surface area contributed by atoms with Gasteiger partial charge in [0.15, 0.2) is 5.72 Å². The normalized spacial score (nSPS) is 30.5. The van der Waals surface area contributed by atoms with Gasteiger partial charge in [-0.25, -0.2) is 4.98 Å². The van der Waals surface area contributed by atoms with Gasteiger partial charge in [0.1, 0.15) is 0 Å². The van der Waals surface area contributed by atoms with Crippen LogP contribution in [-0.2, 0) is 9.53 Å². The van der Waals surface area contributed by atoms with Crippen molar-refractivity contribution in [3.05, 3.63) is 29.3 Å². The third-order valence-corrected chi connectivity index (χ3v) is 6.89. The number of benzene rings is 1. The van der Waals surface area contributed by atoms with Gasteiger partial charge >= 0.3 is 0 Å². The van der Waals surface area contributed by atoms with E-state index in [0.717, 1.165) is 10.2 Å². The first kappa shape index (κ1) is 16.2. The number of fused-ring (bicyclic) bond motifs is 1. The van der Waals surface area contributed by atoms with Crippen molar-refractivity contribution in [1.29, 1.82) is 0 Å². The van der Waals surface area contributed by atoms with Crippen molar-refractivity contribution in [2.75, 3.05) is 13.2 Å². The highest BCUT2D eigenvalue weighted by Gasteiger charge is 2.65. The second-order valence-electron chi connectivity index (χ2n) is 7.73. The molecule has 3 saturated heterocycles. The molecule has 3 fully saturated rings. The van der Waals surface area contributed by atoms with Crippen LogP contribution in [0.4, 0.5) is 0 Å². The molecule has 2 aromatic rings. The second kappa shape index (κ2) is 5.50. The minimum Gasteiger partial charge on any atom is -0.351 e. The van der Waals surface area contributed by atoms with Crippen LogP contribution < -0.4 is 0 Å². The summed E-state index contributed by atoms with van der Waals surface area (Å²) >= 11 is 1.53. The molecule has 3 aliphatic rings. The van der Waals surface area contributed by atoms with E-state index in [1.165, 1.54) is 11.3 Å². The number of thiazole rings is 1. The molecule has 136 valence electrons. The monoisotopic (exact) mass is 371 g/mol. The average Bonchev–Trinajstić information content (AvgIpc) is 3.35. The van der Waals surface area contributed by atoms with Gasteiger partial charge in [0.2, 0.25) is 5.91 Å². The summed E-state index contributed by atoms with van der Waals surface area (Å²) in [6.07, 6.45) is 1.05. The number of aromatic nitrogens is 1. The van der Waals surface area contributed by atoms with Gasteiger partial charge in [0, 0.05) is 18.5 Å². The number of hydrogen-bond acceptors (Lipinski definition) is 5. The Bertz CT molecular complexity index is 910. The van der Waals surface area contributed by atoms with Crippen LogP contribution in [0.2, 0.25) is 0 Å². The molecule has 26 heavy (non-hydrogen) atoms. The van der Waals surface area contributed by atoms with Crippen molar-refractivity contribution in [2.45, 2.75) is 44.5 Å². The Labute approximate surface area is 155 Å². The zero-order chi connectivity index (χ0) is 18.1. The van der Waals surface area contributed by atoms with Crippen molar-refractivity contribution < 1.29 is 14.3 Å². The van der Waals surface area contributed by atoms with Crippen LogP contribution in [-0.4, -0.2) is 57.6 Å². The highest BCUT2D eigenvalue weighted by Crippen LogP contribution is 2.49. The van der Waals surface area contributed by atoms with E-state index < -0.39 is 5.72 Å². The number of rotatable bonds is 2. The lowest BCUT2D eigenvalue weighted by molar-refractivity contribution is -0.139. The summed E-state index contributed by atoms with van der Waals surface area (Å²) < 4.78 is 7.22. The summed E-state index contributed by atoms with van der Waals surface area (Å²) in [5, 5.41) is 0. The number of likely N-dealkylation sites (tertiary alicyclic amines) is 1. The van der Waals surface area contributed by atoms with E-state index >= 15 is 0 Å². The van der Waals surface area contributed by atoms with Crippen LogP contribution in [0.15, 0.2) is 23.7 Å². The molecule has 0 N–H and O–H groups in total. The molecule has 4 heterocycles. The Morgan fingerprint density at radius 3 is 3.08 bits per heavy atom. The quantitative estimate of drug-likeness (QED) is 0.814. The van der Waals surface area contributed by atoms with E-state index in [1.54, 1.807) is 5.51 Å². The van der Waals surface area contributed by atoms with E-state index in [9.17, 15) is 9.59 Å². The van der Waals surface area contributed by atoms with Gasteiger partial charge in [-0.05, 0) is 24.1 Å². The summed E-state index contributed by atoms with van der Waals surface area (Å²) in [6.45, 7) is 5.43. The minimum atomic E-state index is -0.615. The fourth-order valence-electron chi connectivity index (χ4n) is 4.77. The predicted octanol–water partition coefficient (Wildman–Crippen LogP) is 2.49. The molecule has 0 aliphatic carbocycles. The number of nitrogens with zero attached hydrogens (tertiary/aromatic N) is 3. The van der Waals surface area contributed by atoms with Gasteiger partial charge in [-0.3, -0.25) is 9.59 Å². The molecule has 1 aromatic heterocycles. The lowest BCUT2D eigenvalue weighted by atomic mass is 10.0. The fraction of sp³-hybridized carbons (Fsp3) is 0.526. The fourth-order valence-corrected chi connectivity index (χ4v) is 5.48. The zero-order valence-corrected chi connectivity index (χ0v) is 15.7. The molecule has 1 aromatic carbocycles. The highest BCUT2D eigenvalue weighted by atomic mass is 32.1. The molecule has 5 rings (SSSR count). The Morgan fingerprint density at radius 1 is 1.42 bits per heavy atom. The van der Waals surface area contributed by atoms with Gasteiger partial charge in [0.25, 0.3) is 5.91 Å². The summed E-state index contributed by atoms with van der Waals surface area (Å²) in [4.78, 5) is 34.0. The van der Waals surface area contributed by atoms with Crippen LogP contribution in [0.1, 0.15) is 37.0 Å². The van der Waals surface area contributed by atoms with Crippen LogP contribution in [0, 0.1) is 5.92 Å². The van der Waals surface area contributed by atoms with Crippen LogP contribution in [0.3, 0.4) is 0 Å². The first-order valence-corrected chi connectivity index (χ1v) is 9.99. The lowest BCUT2D eigenvalue weighted by Crippen LogP contribution is -2.51. The van der Waals surface area contributed by atoms with Crippen molar-refractivity contribution in [1.82, 2.24) is 14.8 Å². The molecule has 1 spiro atoms. The number of ether oxygens (including phenoxy) is 1. The Morgan fingerprint density at radius 2 is 2.27 bits per heavy atom. The van der Waals surface area contributed by atoms with Gasteiger partial charge in [-0.1, -0.05) is 13.8 Å². The molecular formula is C19H21N3O3S. The molecule has 0 radical (unpaired) electrons. The maximum absolute atomic E-state index is 13.2. The minimum absolute atomic E-state index is 0.0200. The molecule has 3 aliphatic heterocycles. The lowest BCUT2D eigenvalue weighted by Gasteiger charge is -2.34. The van der Waals surface area contributed by atoms with E-state index in [0.29, 0.717) is 37.5 Å². The summed E-state index contributed by atoms with van der Waals surface area (Å²) in [5.74, 6) is 0.436. The van der Waals surface area contributed by atoms with Crippen LogP contribution in [0.25, 0.3) is 10.2 Å². The van der Waals surface area contributed by atoms with E-state index in [4.69, 9.17) is 4.74 Å². The van der Waals surface area contributed by atoms with Crippen molar-refractivity contribution in [2.24, 2.45) is 5.92 Å². The maximum atomic E-state index is 13.2. The van der Waals surface area contributed by atoms with Gasteiger partial charge in [-0.15, -0.1) is 11.3 Å². The van der Waals surface area contributed by atoms with Gasteiger partial charge < -0.3 is 14.5 Å². The van der Waals surface area contributed by atoms with Crippen molar-refractivity contribution in [3.63, 3.8) is 0 Å². The first-order valence-electron chi connectivity index (χ1n) is 9.11. The molecule has 0 unspecified atom stereocenters. The summed E-state index contributed by atoms with van der Waals surface area (Å²) in [5.41, 5.74) is 2.74. The summed E-state index contributed by atoms with van der Waals surface area (Å²) in [6, 6.07) is 5.54. The second-order valence-corrected chi connectivity index (χ2v) is 8.62. The SMILES string of the molecule is CC(C)[C@@H]1CO[C@@]23CCN(C(=O)c4ccc5ncsc5c4)[C@@H]2CC(=O)N13. The Hall–Kier alpha value is -1.99. The molecule has 3 atom stereocenters. The van der Waals surface area contributed by atoms with Crippen LogP contribution >= 0.6 is 11.3 Å². The average molecular weight is 371 g/mol. The molecule has 0 saturated carbocycles. The number of carbonyl (C=O) groups is 2. The Kier molecular flexibility index (Phi) is 3.43. The van der Waals surface area contributed by atoms with Crippen molar-refractivity contribution >= 4 is 33.4 Å². The zero-order valence-electron chi connectivity index (χ0n) is 14.8. The topological polar surface area (TPSA) is 62.7 Å². The highest BCUT2D eigenvalue weighted by molar-refractivity contribution is 7.16. The molecule has 7 heteroatoms. The standard InChI is InChI=1S/C19H21N3O3S/c1-11(2)14-9-25-19-5-6-21(16(19)8-17(23)22(14)19)18(24)12-3-4-13-15(7-12)26-10-20-13/h3-4,7,10-11,14,16H,5-6,8-9H2,1-2H3/t14-,16+,19-/m0/s1. The maximum Gasteiger partial charge on any atom is 0.254 e. The van der Waals surface area contributed by atoms with Crippen molar-refractivity contribution in [3.8, 4) is 0 Å². The third-order valence-electron chi connectivity index (χ3n) is 6.10. The predicted molar refractivity (Wildman–Crippen MR) is 97.8 cm³/mol. The molecule has 0 bridgehead atoms. The van der Waals surface area contributed by atoms with E-state index in [2.05, 4.69) is 18.8 Å². The molecule has 2 amide bonds. The number of carbonyl (C=O) groups excluding carboxylic acids is 2. The number of hydrogen-bond donors (Lipinski definition) is 0. The first-order chi connectivity index (χ1) is 12.5.